The molecule has 0 heterocycles. The number of aliphatic hydroxyl groups is 2. The third-order valence-electron chi connectivity index (χ3n) is 3.17. The standard InChI is InChI=1S/C11H25NO2/c1-8(2)11(5,14)7-12-10(4)9(3)6-13/h8-10,12-14H,6-7H2,1-5H3. The fourth-order valence-electron chi connectivity index (χ4n) is 0.931. The summed E-state index contributed by atoms with van der Waals surface area (Å²) in [6.07, 6.45) is 0. The van der Waals surface area contributed by atoms with E-state index in [9.17, 15) is 5.11 Å². The summed E-state index contributed by atoms with van der Waals surface area (Å²) in [5, 5.41) is 22.2. The number of rotatable bonds is 6. The van der Waals surface area contributed by atoms with Gasteiger partial charge in [0.25, 0.3) is 0 Å². The molecule has 0 aliphatic carbocycles. The molecule has 0 saturated carbocycles. The Morgan fingerprint density at radius 2 is 1.71 bits per heavy atom. The molecule has 0 amide bonds. The van der Waals surface area contributed by atoms with Crippen LogP contribution in [0, 0.1) is 11.8 Å². The fourth-order valence-corrected chi connectivity index (χ4v) is 0.931. The minimum absolute atomic E-state index is 0.179. The smallest absolute Gasteiger partial charge is 0.0766 e. The van der Waals surface area contributed by atoms with E-state index in [-0.39, 0.29) is 24.5 Å². The van der Waals surface area contributed by atoms with Gasteiger partial charge in [0.1, 0.15) is 0 Å². The van der Waals surface area contributed by atoms with Gasteiger partial charge in [0.2, 0.25) is 0 Å². The van der Waals surface area contributed by atoms with Crippen molar-refractivity contribution >= 4 is 0 Å². The molecule has 0 aromatic rings. The third-order valence-corrected chi connectivity index (χ3v) is 3.17. The van der Waals surface area contributed by atoms with Crippen molar-refractivity contribution in [3.05, 3.63) is 0 Å². The quantitative estimate of drug-likeness (QED) is 0.603. The summed E-state index contributed by atoms with van der Waals surface area (Å²) < 4.78 is 0. The summed E-state index contributed by atoms with van der Waals surface area (Å²) in [5.74, 6) is 0.449. The van der Waals surface area contributed by atoms with E-state index in [0.29, 0.717) is 6.54 Å². The first kappa shape index (κ1) is 13.9. The van der Waals surface area contributed by atoms with Gasteiger partial charge in [0.05, 0.1) is 5.60 Å². The Labute approximate surface area is 87.5 Å². The van der Waals surface area contributed by atoms with E-state index in [0.717, 1.165) is 0 Å². The molecule has 3 unspecified atom stereocenters. The average molecular weight is 203 g/mol. The highest BCUT2D eigenvalue weighted by Gasteiger charge is 2.25. The van der Waals surface area contributed by atoms with Crippen molar-refractivity contribution in [2.75, 3.05) is 13.2 Å². The molecule has 3 N–H and O–H groups in total. The molecular weight excluding hydrogens is 178 g/mol. The average Bonchev–Trinajstić information content (AvgIpc) is 2.12. The third kappa shape index (κ3) is 4.40. The van der Waals surface area contributed by atoms with E-state index in [1.807, 2.05) is 34.6 Å². The van der Waals surface area contributed by atoms with Crippen LogP contribution in [0.2, 0.25) is 0 Å². The number of hydrogen-bond donors (Lipinski definition) is 3. The molecule has 0 radical (unpaired) electrons. The van der Waals surface area contributed by atoms with Crippen LogP contribution in [0.4, 0.5) is 0 Å². The first-order chi connectivity index (χ1) is 6.31. The van der Waals surface area contributed by atoms with Gasteiger partial charge in [-0.2, -0.15) is 0 Å². The Balaban J connectivity index is 3.93. The van der Waals surface area contributed by atoms with Crippen LogP contribution in [0.15, 0.2) is 0 Å². The second-order valence-corrected chi connectivity index (χ2v) is 4.84. The van der Waals surface area contributed by atoms with Gasteiger partial charge < -0.3 is 15.5 Å². The minimum atomic E-state index is -0.677. The van der Waals surface area contributed by atoms with Gasteiger partial charge in [0.15, 0.2) is 0 Å². The lowest BCUT2D eigenvalue weighted by atomic mass is 9.92. The molecular formula is C11H25NO2. The number of hydrogen-bond acceptors (Lipinski definition) is 3. The molecule has 0 aromatic carbocycles. The predicted octanol–water partition coefficient (Wildman–Crippen LogP) is 1.000. The molecule has 86 valence electrons. The lowest BCUT2D eigenvalue weighted by Gasteiger charge is -2.31. The highest BCUT2D eigenvalue weighted by Crippen LogP contribution is 2.15. The Kier molecular flexibility index (Phi) is 5.64. The second-order valence-electron chi connectivity index (χ2n) is 4.84. The van der Waals surface area contributed by atoms with Crippen LogP contribution in [0.25, 0.3) is 0 Å². The fraction of sp³-hybridized carbons (Fsp3) is 1.00. The molecule has 3 heteroatoms. The molecule has 0 rings (SSSR count). The Bertz CT molecular complexity index is 157. The van der Waals surface area contributed by atoms with Gasteiger partial charge in [-0.3, -0.25) is 0 Å². The van der Waals surface area contributed by atoms with Crippen molar-refractivity contribution in [2.24, 2.45) is 11.8 Å². The zero-order valence-corrected chi connectivity index (χ0v) is 10.0. The molecule has 14 heavy (non-hydrogen) atoms. The summed E-state index contributed by atoms with van der Waals surface area (Å²) >= 11 is 0. The summed E-state index contributed by atoms with van der Waals surface area (Å²) in [4.78, 5) is 0. The highest BCUT2D eigenvalue weighted by molar-refractivity contribution is 4.81. The van der Waals surface area contributed by atoms with Crippen molar-refractivity contribution in [1.29, 1.82) is 0 Å². The summed E-state index contributed by atoms with van der Waals surface area (Å²) in [5.41, 5.74) is -0.677. The first-order valence-electron chi connectivity index (χ1n) is 5.38. The van der Waals surface area contributed by atoms with Gasteiger partial charge >= 0.3 is 0 Å². The van der Waals surface area contributed by atoms with E-state index in [2.05, 4.69) is 5.32 Å². The van der Waals surface area contributed by atoms with Gasteiger partial charge in [-0.15, -0.1) is 0 Å². The molecule has 0 aromatic heterocycles. The molecule has 0 fully saturated rings. The Morgan fingerprint density at radius 1 is 1.21 bits per heavy atom. The van der Waals surface area contributed by atoms with Crippen molar-refractivity contribution in [2.45, 2.75) is 46.3 Å². The van der Waals surface area contributed by atoms with Gasteiger partial charge in [-0.25, -0.2) is 0 Å². The second kappa shape index (κ2) is 5.69. The maximum atomic E-state index is 9.97. The van der Waals surface area contributed by atoms with Crippen LogP contribution in [-0.4, -0.2) is 35.0 Å². The molecule has 0 spiro atoms. The molecule has 0 bridgehead atoms. The van der Waals surface area contributed by atoms with Gasteiger partial charge in [-0.05, 0) is 25.7 Å². The van der Waals surface area contributed by atoms with E-state index < -0.39 is 5.60 Å². The zero-order chi connectivity index (χ0) is 11.4. The lowest BCUT2D eigenvalue weighted by Crippen LogP contribution is -2.47. The minimum Gasteiger partial charge on any atom is -0.396 e. The zero-order valence-electron chi connectivity index (χ0n) is 10.0. The predicted molar refractivity (Wildman–Crippen MR) is 59.2 cm³/mol. The number of aliphatic hydroxyl groups excluding tert-OH is 1. The van der Waals surface area contributed by atoms with Gasteiger partial charge in [-0.1, -0.05) is 20.8 Å². The monoisotopic (exact) mass is 203 g/mol. The van der Waals surface area contributed by atoms with Crippen molar-refractivity contribution in [1.82, 2.24) is 5.32 Å². The van der Waals surface area contributed by atoms with Crippen molar-refractivity contribution in [3.8, 4) is 0 Å². The van der Waals surface area contributed by atoms with Crippen LogP contribution in [0.5, 0.6) is 0 Å². The Morgan fingerprint density at radius 3 is 2.07 bits per heavy atom. The van der Waals surface area contributed by atoms with E-state index in [1.54, 1.807) is 0 Å². The first-order valence-corrected chi connectivity index (χ1v) is 5.38. The topological polar surface area (TPSA) is 52.5 Å². The van der Waals surface area contributed by atoms with Crippen LogP contribution >= 0.6 is 0 Å². The summed E-state index contributed by atoms with van der Waals surface area (Å²) in [6, 6.07) is 0.227. The molecule has 3 atom stereocenters. The summed E-state index contributed by atoms with van der Waals surface area (Å²) in [6.45, 7) is 10.6. The Hall–Kier alpha value is -0.120. The van der Waals surface area contributed by atoms with Gasteiger partial charge in [0, 0.05) is 19.2 Å². The SMILES string of the molecule is CC(CO)C(C)NCC(C)(O)C(C)C. The van der Waals surface area contributed by atoms with Crippen LogP contribution < -0.4 is 5.32 Å². The largest absolute Gasteiger partial charge is 0.396 e. The number of nitrogens with one attached hydrogen (secondary N) is 1. The van der Waals surface area contributed by atoms with Crippen molar-refractivity contribution < 1.29 is 10.2 Å². The highest BCUT2D eigenvalue weighted by atomic mass is 16.3. The molecule has 3 nitrogen and oxygen atoms in total. The maximum absolute atomic E-state index is 9.97. The summed E-state index contributed by atoms with van der Waals surface area (Å²) in [7, 11) is 0. The maximum Gasteiger partial charge on any atom is 0.0766 e. The molecule has 0 saturated heterocycles. The molecule has 0 aliphatic rings. The van der Waals surface area contributed by atoms with E-state index >= 15 is 0 Å². The molecule has 0 aliphatic heterocycles. The van der Waals surface area contributed by atoms with E-state index in [4.69, 9.17) is 5.11 Å². The van der Waals surface area contributed by atoms with E-state index in [1.165, 1.54) is 0 Å². The normalized spacial score (nSPS) is 20.6. The van der Waals surface area contributed by atoms with Crippen LogP contribution in [0.1, 0.15) is 34.6 Å². The van der Waals surface area contributed by atoms with Crippen molar-refractivity contribution in [3.63, 3.8) is 0 Å². The van der Waals surface area contributed by atoms with Crippen LogP contribution in [-0.2, 0) is 0 Å². The lowest BCUT2D eigenvalue weighted by molar-refractivity contribution is 0.00989. The van der Waals surface area contributed by atoms with Crippen LogP contribution in [0.3, 0.4) is 0 Å².